The summed E-state index contributed by atoms with van der Waals surface area (Å²) in [7, 11) is 0. The Bertz CT molecular complexity index is 1310. The van der Waals surface area contributed by atoms with E-state index in [9.17, 15) is 4.79 Å². The number of amides is 1. The van der Waals surface area contributed by atoms with Gasteiger partial charge in [-0.05, 0) is 111 Å². The molecule has 2 aliphatic rings. The predicted molar refractivity (Wildman–Crippen MR) is 151 cm³/mol. The predicted octanol–water partition coefficient (Wildman–Crippen LogP) is 8.05. The minimum atomic E-state index is -0.0475. The average Bonchev–Trinajstić information content (AvgIpc) is 3.46. The Kier molecular flexibility index (Phi) is 7.01. The van der Waals surface area contributed by atoms with Gasteiger partial charge < -0.3 is 4.74 Å². The van der Waals surface area contributed by atoms with Crippen molar-refractivity contribution in [1.29, 1.82) is 0 Å². The van der Waals surface area contributed by atoms with Gasteiger partial charge in [-0.2, -0.15) is 0 Å². The summed E-state index contributed by atoms with van der Waals surface area (Å²) >= 11 is 1.43. The number of carbonyl (C=O) groups is 1. The molecule has 1 amide bonds. The van der Waals surface area contributed by atoms with Gasteiger partial charge in [-0.25, -0.2) is 4.99 Å². The number of rotatable bonds is 5. The standard InChI is InChI=1S/C31H32N2O2S/c1-20-9-7-10-21(2)28(20)32-31-33(29-22(3)11-8-12-23(29)4)30(34)27(36-31)19-24-15-17-26(18-16-24)35-25-13-5-6-14-25/h7-12,15-19,25H,5-6,13-14H2,1-4H3. The molecule has 3 aromatic carbocycles. The van der Waals surface area contributed by atoms with Crippen molar-refractivity contribution >= 4 is 40.3 Å². The third-order valence-electron chi connectivity index (χ3n) is 6.90. The maximum absolute atomic E-state index is 13.8. The van der Waals surface area contributed by atoms with Crippen LogP contribution in [-0.4, -0.2) is 17.2 Å². The quantitative estimate of drug-likeness (QED) is 0.336. The summed E-state index contributed by atoms with van der Waals surface area (Å²) in [5.74, 6) is 0.845. The second-order valence-electron chi connectivity index (χ2n) is 9.72. The highest BCUT2D eigenvalue weighted by atomic mass is 32.2. The Morgan fingerprint density at radius 3 is 2.06 bits per heavy atom. The lowest BCUT2D eigenvalue weighted by molar-refractivity contribution is -0.113. The van der Waals surface area contributed by atoms with Crippen LogP contribution in [0.25, 0.3) is 6.08 Å². The van der Waals surface area contributed by atoms with Crippen molar-refractivity contribution < 1.29 is 9.53 Å². The topological polar surface area (TPSA) is 41.9 Å². The fraction of sp³-hybridized carbons (Fsp3) is 0.290. The summed E-state index contributed by atoms with van der Waals surface area (Å²) in [4.78, 5) is 21.3. The SMILES string of the molecule is Cc1cccc(C)c1N=C1SC(=Cc2ccc(OC3CCCC3)cc2)C(=O)N1c1c(C)cccc1C. The second kappa shape index (κ2) is 10.4. The number of carbonyl (C=O) groups excluding carboxylic acids is 1. The van der Waals surface area contributed by atoms with E-state index in [0.29, 0.717) is 16.2 Å². The molecule has 0 radical (unpaired) electrons. The number of para-hydroxylation sites is 2. The van der Waals surface area contributed by atoms with E-state index >= 15 is 0 Å². The van der Waals surface area contributed by atoms with Gasteiger partial charge in [0, 0.05) is 0 Å². The van der Waals surface area contributed by atoms with E-state index in [1.54, 1.807) is 4.90 Å². The van der Waals surface area contributed by atoms with Crippen LogP contribution in [0.3, 0.4) is 0 Å². The molecule has 184 valence electrons. The summed E-state index contributed by atoms with van der Waals surface area (Å²) in [6.07, 6.45) is 7.05. The van der Waals surface area contributed by atoms with Crippen LogP contribution in [0.5, 0.6) is 5.75 Å². The molecule has 1 aliphatic heterocycles. The highest BCUT2D eigenvalue weighted by molar-refractivity contribution is 8.19. The Hall–Kier alpha value is -3.31. The van der Waals surface area contributed by atoms with E-state index < -0.39 is 0 Å². The van der Waals surface area contributed by atoms with Gasteiger partial charge in [0.15, 0.2) is 5.17 Å². The molecule has 3 aromatic rings. The summed E-state index contributed by atoms with van der Waals surface area (Å²) in [6.45, 7) is 8.20. The summed E-state index contributed by atoms with van der Waals surface area (Å²) < 4.78 is 6.11. The van der Waals surface area contributed by atoms with Gasteiger partial charge in [0.25, 0.3) is 5.91 Å². The van der Waals surface area contributed by atoms with Crippen LogP contribution in [-0.2, 0) is 4.79 Å². The fourth-order valence-electron chi connectivity index (χ4n) is 4.97. The third-order valence-corrected chi connectivity index (χ3v) is 7.87. The number of aliphatic imine (C=N–C) groups is 1. The number of hydrogen-bond acceptors (Lipinski definition) is 4. The fourth-order valence-corrected chi connectivity index (χ4v) is 5.95. The molecule has 0 unspecified atom stereocenters. The van der Waals surface area contributed by atoms with Gasteiger partial charge in [-0.15, -0.1) is 0 Å². The van der Waals surface area contributed by atoms with Crippen molar-refractivity contribution in [3.63, 3.8) is 0 Å². The molecular formula is C31H32N2O2S. The molecule has 5 heteroatoms. The van der Waals surface area contributed by atoms with Crippen molar-refractivity contribution in [2.45, 2.75) is 59.5 Å². The van der Waals surface area contributed by atoms with Crippen molar-refractivity contribution in [2.24, 2.45) is 4.99 Å². The zero-order valence-electron chi connectivity index (χ0n) is 21.4. The van der Waals surface area contributed by atoms with E-state index in [4.69, 9.17) is 9.73 Å². The lowest BCUT2D eigenvalue weighted by Crippen LogP contribution is -2.30. The first-order valence-corrected chi connectivity index (χ1v) is 13.4. The molecule has 1 saturated carbocycles. The largest absolute Gasteiger partial charge is 0.490 e. The Balaban J connectivity index is 1.51. The van der Waals surface area contributed by atoms with Crippen LogP contribution in [0.2, 0.25) is 0 Å². The molecule has 1 heterocycles. The van der Waals surface area contributed by atoms with E-state index in [1.807, 2.05) is 68.5 Å². The first kappa shape index (κ1) is 24.4. The molecule has 0 atom stereocenters. The van der Waals surface area contributed by atoms with Crippen LogP contribution in [0.1, 0.15) is 53.5 Å². The summed E-state index contributed by atoms with van der Waals surface area (Å²) in [6, 6.07) is 20.3. The maximum Gasteiger partial charge on any atom is 0.271 e. The second-order valence-corrected chi connectivity index (χ2v) is 10.7. The molecule has 0 spiro atoms. The van der Waals surface area contributed by atoms with Gasteiger partial charge in [0.05, 0.1) is 22.4 Å². The Labute approximate surface area is 218 Å². The number of anilines is 1. The van der Waals surface area contributed by atoms with Crippen LogP contribution < -0.4 is 9.64 Å². The zero-order chi connectivity index (χ0) is 25.2. The smallest absolute Gasteiger partial charge is 0.271 e. The molecule has 36 heavy (non-hydrogen) atoms. The van der Waals surface area contributed by atoms with Gasteiger partial charge in [-0.3, -0.25) is 9.69 Å². The van der Waals surface area contributed by atoms with Crippen molar-refractivity contribution in [2.75, 3.05) is 4.90 Å². The number of benzene rings is 3. The number of nitrogens with zero attached hydrogens (tertiary/aromatic N) is 2. The number of aryl methyl sites for hydroxylation is 4. The highest BCUT2D eigenvalue weighted by Crippen LogP contribution is 2.40. The number of thioether (sulfide) groups is 1. The van der Waals surface area contributed by atoms with Gasteiger partial charge in [0.1, 0.15) is 5.75 Å². The Morgan fingerprint density at radius 2 is 1.44 bits per heavy atom. The molecule has 2 fully saturated rings. The highest BCUT2D eigenvalue weighted by Gasteiger charge is 2.36. The van der Waals surface area contributed by atoms with E-state index in [1.165, 1.54) is 24.6 Å². The monoisotopic (exact) mass is 496 g/mol. The van der Waals surface area contributed by atoms with Gasteiger partial charge >= 0.3 is 0 Å². The van der Waals surface area contributed by atoms with Crippen LogP contribution in [0, 0.1) is 27.7 Å². The molecule has 0 N–H and O–H groups in total. The number of ether oxygens (including phenoxy) is 1. The summed E-state index contributed by atoms with van der Waals surface area (Å²) in [5, 5.41) is 0.683. The number of amidine groups is 1. The average molecular weight is 497 g/mol. The minimum Gasteiger partial charge on any atom is -0.490 e. The Morgan fingerprint density at radius 1 is 0.861 bits per heavy atom. The molecule has 1 aliphatic carbocycles. The van der Waals surface area contributed by atoms with Crippen LogP contribution in [0.4, 0.5) is 11.4 Å². The van der Waals surface area contributed by atoms with E-state index in [-0.39, 0.29) is 5.91 Å². The molecule has 0 bridgehead atoms. The molecule has 4 nitrogen and oxygen atoms in total. The minimum absolute atomic E-state index is 0.0475. The van der Waals surface area contributed by atoms with Gasteiger partial charge in [-0.1, -0.05) is 48.5 Å². The van der Waals surface area contributed by atoms with Crippen molar-refractivity contribution in [3.05, 3.63) is 93.4 Å². The van der Waals surface area contributed by atoms with Crippen LogP contribution in [0.15, 0.2) is 70.6 Å². The number of hydrogen-bond donors (Lipinski definition) is 0. The molecule has 0 aromatic heterocycles. The molecular weight excluding hydrogens is 464 g/mol. The van der Waals surface area contributed by atoms with Gasteiger partial charge in [0.2, 0.25) is 0 Å². The van der Waals surface area contributed by atoms with E-state index in [0.717, 1.165) is 57.8 Å². The van der Waals surface area contributed by atoms with E-state index in [2.05, 4.69) is 26.0 Å². The molecule has 1 saturated heterocycles. The van der Waals surface area contributed by atoms with Crippen molar-refractivity contribution in [1.82, 2.24) is 0 Å². The lowest BCUT2D eigenvalue weighted by Gasteiger charge is -2.21. The third kappa shape index (κ3) is 4.98. The van der Waals surface area contributed by atoms with Crippen LogP contribution >= 0.6 is 11.8 Å². The maximum atomic E-state index is 13.8. The first-order chi connectivity index (χ1) is 17.4. The normalized spacial score (nSPS) is 18.6. The lowest BCUT2D eigenvalue weighted by atomic mass is 10.1. The van der Waals surface area contributed by atoms with Crippen molar-refractivity contribution in [3.8, 4) is 5.75 Å². The summed E-state index contributed by atoms with van der Waals surface area (Å²) in [5.41, 5.74) is 7.07. The first-order valence-electron chi connectivity index (χ1n) is 12.6. The molecule has 5 rings (SSSR count). The zero-order valence-corrected chi connectivity index (χ0v) is 22.2.